The van der Waals surface area contributed by atoms with Crippen molar-refractivity contribution in [3.63, 3.8) is 0 Å². The molecule has 0 spiro atoms. The molecule has 0 bridgehead atoms. The summed E-state index contributed by atoms with van der Waals surface area (Å²) in [5.74, 6) is 14.3. The van der Waals surface area contributed by atoms with Gasteiger partial charge in [0.15, 0.2) is 12.6 Å². The van der Waals surface area contributed by atoms with Gasteiger partial charge in [-0.25, -0.2) is 0 Å². The highest BCUT2D eigenvalue weighted by molar-refractivity contribution is 9.09. The van der Waals surface area contributed by atoms with Gasteiger partial charge in [0.05, 0.1) is 0 Å². The van der Waals surface area contributed by atoms with Gasteiger partial charge in [0.1, 0.15) is 0 Å². The molecule has 45 heavy (non-hydrogen) atoms. The molecule has 0 radical (unpaired) electrons. The molecule has 2 rings (SSSR count). The van der Waals surface area contributed by atoms with Crippen molar-refractivity contribution in [2.24, 2.45) is 0 Å². The van der Waals surface area contributed by atoms with Crippen LogP contribution >= 0.6 is 15.9 Å². The SMILES string of the molecule is BrCCCCCCCOC1CCCCO1.C#CCCCCC#C.C#CCCCCC#CCCCCCCCOC1CCCCO1. The first-order valence-corrected chi connectivity index (χ1v) is 19.2. The summed E-state index contributed by atoms with van der Waals surface area (Å²) in [5.41, 5.74) is 0. The smallest absolute Gasteiger partial charge is 0.157 e. The van der Waals surface area contributed by atoms with Crippen molar-refractivity contribution < 1.29 is 18.9 Å². The molecular weight excluding hydrogens is 624 g/mol. The Hall–Kier alpha value is -1.44. The van der Waals surface area contributed by atoms with E-state index >= 15 is 0 Å². The van der Waals surface area contributed by atoms with Crippen molar-refractivity contribution in [2.45, 2.75) is 173 Å². The van der Waals surface area contributed by atoms with Crippen LogP contribution in [0, 0.1) is 48.9 Å². The van der Waals surface area contributed by atoms with Gasteiger partial charge in [-0.2, -0.15) is 0 Å². The van der Waals surface area contributed by atoms with E-state index in [0.29, 0.717) is 0 Å². The minimum atomic E-state index is 0.0738. The zero-order valence-corrected chi connectivity index (χ0v) is 30.2. The number of terminal acetylenes is 3. The van der Waals surface area contributed by atoms with Gasteiger partial charge in [-0.05, 0) is 89.9 Å². The first-order valence-electron chi connectivity index (χ1n) is 18.1. The van der Waals surface area contributed by atoms with E-state index in [4.69, 9.17) is 38.2 Å². The fourth-order valence-corrected chi connectivity index (χ4v) is 5.16. The highest BCUT2D eigenvalue weighted by Gasteiger charge is 2.14. The Balaban J connectivity index is 0.000000724. The largest absolute Gasteiger partial charge is 0.353 e. The summed E-state index contributed by atoms with van der Waals surface area (Å²) in [7, 11) is 0. The zero-order chi connectivity index (χ0) is 32.7. The standard InChI is InChI=1S/C20H32O2.C12H23BrO2.C8H10/c1-2-3-4-5-6-7-8-9-10-11-12-13-15-18-21-20-17-14-16-19-22-20;13-9-5-2-1-3-6-10-14-12-8-4-7-11-15-12;1-3-5-7-8-6-4-2/h1,20H,3-6,9-19H2;12H,1-11H2;1-2H,5-8H2. The number of rotatable bonds is 22. The normalized spacial score (nSPS) is 17.1. The third-order valence-corrected chi connectivity index (χ3v) is 8.06. The maximum atomic E-state index is 5.73. The van der Waals surface area contributed by atoms with E-state index in [1.807, 2.05) is 0 Å². The first-order chi connectivity index (χ1) is 22.3. The van der Waals surface area contributed by atoms with E-state index in [1.54, 1.807) is 0 Å². The molecule has 0 aromatic carbocycles. The summed E-state index contributed by atoms with van der Waals surface area (Å²) < 4.78 is 22.4. The van der Waals surface area contributed by atoms with Gasteiger partial charge in [-0.3, -0.25) is 0 Å². The van der Waals surface area contributed by atoms with Crippen molar-refractivity contribution in [3.8, 4) is 48.9 Å². The number of halogens is 1. The molecule has 0 saturated carbocycles. The van der Waals surface area contributed by atoms with Crippen molar-refractivity contribution in [2.75, 3.05) is 31.8 Å². The fraction of sp³-hybridized carbons (Fsp3) is 0.800. The molecular formula is C40H65BrO4. The van der Waals surface area contributed by atoms with Gasteiger partial charge < -0.3 is 18.9 Å². The van der Waals surface area contributed by atoms with E-state index in [9.17, 15) is 0 Å². The Kier molecular flexibility index (Phi) is 37.5. The van der Waals surface area contributed by atoms with Gasteiger partial charge in [0, 0.05) is 63.9 Å². The van der Waals surface area contributed by atoms with Gasteiger partial charge in [-0.15, -0.1) is 48.9 Å². The lowest BCUT2D eigenvalue weighted by molar-refractivity contribution is -0.163. The Labute approximate surface area is 287 Å². The summed E-state index contributed by atoms with van der Waals surface area (Å²) in [4.78, 5) is 0. The number of ether oxygens (including phenoxy) is 4. The average Bonchev–Trinajstić information content (AvgIpc) is 3.08. The second kappa shape index (κ2) is 38.7. The third kappa shape index (κ3) is 35.3. The lowest BCUT2D eigenvalue weighted by Crippen LogP contribution is -2.22. The highest BCUT2D eigenvalue weighted by atomic mass is 79.9. The number of hydrogen-bond acceptors (Lipinski definition) is 4. The molecule has 4 nitrogen and oxygen atoms in total. The summed E-state index contributed by atoms with van der Waals surface area (Å²) in [6.07, 6.45) is 44.2. The van der Waals surface area contributed by atoms with Crippen molar-refractivity contribution in [3.05, 3.63) is 0 Å². The van der Waals surface area contributed by atoms with Crippen LogP contribution in [0.3, 0.4) is 0 Å². The van der Waals surface area contributed by atoms with Crippen LogP contribution in [0.25, 0.3) is 0 Å². The number of hydrogen-bond donors (Lipinski definition) is 0. The van der Waals surface area contributed by atoms with Gasteiger partial charge >= 0.3 is 0 Å². The molecule has 0 amide bonds. The van der Waals surface area contributed by atoms with Crippen LogP contribution < -0.4 is 0 Å². The molecule has 0 aromatic rings. The van der Waals surface area contributed by atoms with Crippen LogP contribution in [0.2, 0.25) is 0 Å². The van der Waals surface area contributed by atoms with Crippen molar-refractivity contribution in [1.29, 1.82) is 0 Å². The zero-order valence-electron chi connectivity index (χ0n) is 28.6. The quantitative estimate of drug-likeness (QED) is 0.0644. The van der Waals surface area contributed by atoms with E-state index in [1.165, 1.54) is 83.5 Å². The van der Waals surface area contributed by atoms with Gasteiger partial charge in [0.2, 0.25) is 0 Å². The maximum absolute atomic E-state index is 5.73. The topological polar surface area (TPSA) is 36.9 Å². The molecule has 2 atom stereocenters. The minimum absolute atomic E-state index is 0.0738. The van der Waals surface area contributed by atoms with Crippen LogP contribution in [0.1, 0.15) is 161 Å². The summed E-state index contributed by atoms with van der Waals surface area (Å²) in [6, 6.07) is 0. The molecule has 256 valence electrons. The minimum Gasteiger partial charge on any atom is -0.353 e. The molecule has 0 aromatic heterocycles. The summed E-state index contributed by atoms with van der Waals surface area (Å²) in [6.45, 7) is 3.48. The monoisotopic (exact) mass is 688 g/mol. The Bertz CT molecular complexity index is 768. The molecule has 2 fully saturated rings. The molecule has 2 unspecified atom stereocenters. The Morgan fingerprint density at radius 3 is 1.27 bits per heavy atom. The van der Waals surface area contributed by atoms with Crippen LogP contribution in [0.4, 0.5) is 0 Å². The van der Waals surface area contributed by atoms with Gasteiger partial charge in [-0.1, -0.05) is 54.5 Å². The molecule has 2 aliphatic heterocycles. The van der Waals surface area contributed by atoms with E-state index in [2.05, 4.69) is 45.5 Å². The van der Waals surface area contributed by atoms with Crippen LogP contribution in [-0.4, -0.2) is 44.3 Å². The Morgan fingerprint density at radius 1 is 0.489 bits per heavy atom. The summed E-state index contributed by atoms with van der Waals surface area (Å²) in [5, 5.41) is 1.14. The molecule has 2 heterocycles. The summed E-state index contributed by atoms with van der Waals surface area (Å²) >= 11 is 3.44. The van der Waals surface area contributed by atoms with Gasteiger partial charge in [0.25, 0.3) is 0 Å². The average molecular weight is 690 g/mol. The van der Waals surface area contributed by atoms with Crippen LogP contribution in [-0.2, 0) is 18.9 Å². The molecule has 5 heteroatoms. The Morgan fingerprint density at radius 2 is 0.867 bits per heavy atom. The third-order valence-electron chi connectivity index (χ3n) is 7.50. The predicted octanol–water partition coefficient (Wildman–Crippen LogP) is 10.8. The predicted molar refractivity (Wildman–Crippen MR) is 195 cm³/mol. The molecule has 0 N–H and O–H groups in total. The van der Waals surface area contributed by atoms with E-state index < -0.39 is 0 Å². The lowest BCUT2D eigenvalue weighted by Gasteiger charge is -2.22. The second-order valence-electron chi connectivity index (χ2n) is 11.7. The molecule has 0 aliphatic carbocycles. The van der Waals surface area contributed by atoms with E-state index in [-0.39, 0.29) is 12.6 Å². The fourth-order valence-electron chi connectivity index (χ4n) is 4.76. The van der Waals surface area contributed by atoms with Crippen molar-refractivity contribution in [1.82, 2.24) is 0 Å². The van der Waals surface area contributed by atoms with Crippen LogP contribution in [0.5, 0.6) is 0 Å². The molecule has 2 aliphatic rings. The highest BCUT2D eigenvalue weighted by Crippen LogP contribution is 2.15. The van der Waals surface area contributed by atoms with Crippen molar-refractivity contribution >= 4 is 15.9 Å². The van der Waals surface area contributed by atoms with Crippen LogP contribution in [0.15, 0.2) is 0 Å². The molecule has 2 saturated heterocycles. The first kappa shape index (κ1) is 43.6. The number of alkyl halides is 1. The second-order valence-corrected chi connectivity index (χ2v) is 12.5. The maximum Gasteiger partial charge on any atom is 0.157 e. The lowest BCUT2D eigenvalue weighted by atomic mass is 10.1. The van der Waals surface area contributed by atoms with E-state index in [0.717, 1.165) is 109 Å². The number of unbranched alkanes of at least 4 members (excludes halogenated alkanes) is 15.